The second-order valence-corrected chi connectivity index (χ2v) is 8.70. The molecule has 1 saturated heterocycles. The fourth-order valence-electron chi connectivity index (χ4n) is 4.41. The van der Waals surface area contributed by atoms with E-state index in [-0.39, 0.29) is 17.8 Å². The Hall–Kier alpha value is -3.20. The summed E-state index contributed by atoms with van der Waals surface area (Å²) in [7, 11) is 1.40. The van der Waals surface area contributed by atoms with Gasteiger partial charge in [0, 0.05) is 36.3 Å². The molecule has 1 aromatic heterocycles. The lowest BCUT2D eigenvalue weighted by Crippen LogP contribution is -2.40. The summed E-state index contributed by atoms with van der Waals surface area (Å²) in [4.78, 5) is 26.7. The Morgan fingerprint density at radius 3 is 2.61 bits per heavy atom. The average Bonchev–Trinajstić information content (AvgIpc) is 3.19. The number of aryl methyl sites for hydroxylation is 1. The molecule has 0 unspecified atom stereocenters. The molecule has 1 aliphatic carbocycles. The lowest BCUT2D eigenvalue weighted by molar-refractivity contribution is -0.146. The number of nitrogens with zero attached hydrogens (tertiary/aromatic N) is 2. The minimum absolute atomic E-state index is 0.140. The van der Waals surface area contributed by atoms with Crippen LogP contribution >= 0.6 is 12.2 Å². The zero-order valence-corrected chi connectivity index (χ0v) is 19.7. The smallest absolute Gasteiger partial charge is 0.308 e. The highest BCUT2D eigenvalue weighted by Crippen LogP contribution is 2.31. The largest absolute Gasteiger partial charge is 0.469 e. The van der Waals surface area contributed by atoms with Crippen molar-refractivity contribution in [3.63, 3.8) is 0 Å². The molecule has 0 radical (unpaired) electrons. The van der Waals surface area contributed by atoms with E-state index in [1.165, 1.54) is 7.11 Å². The summed E-state index contributed by atoms with van der Waals surface area (Å²) in [6.07, 6.45) is 3.62. The number of rotatable bonds is 4. The fourth-order valence-corrected chi connectivity index (χ4v) is 4.57. The molecule has 0 bridgehead atoms. The summed E-state index contributed by atoms with van der Waals surface area (Å²) in [5.41, 5.74) is 6.32. The number of carbonyl (C=O) groups is 2. The van der Waals surface area contributed by atoms with Crippen LogP contribution in [0.4, 0.5) is 5.69 Å². The summed E-state index contributed by atoms with van der Waals surface area (Å²) in [5, 5.41) is 8.03. The second-order valence-electron chi connectivity index (χ2n) is 8.29. The molecule has 0 saturated carbocycles. The van der Waals surface area contributed by atoms with Gasteiger partial charge in [-0.05, 0) is 57.0 Å². The number of hydrogen-bond acceptors (Lipinski definition) is 6. The van der Waals surface area contributed by atoms with Gasteiger partial charge in [0.05, 0.1) is 18.7 Å². The van der Waals surface area contributed by atoms with Crippen molar-refractivity contribution < 1.29 is 18.7 Å². The van der Waals surface area contributed by atoms with Crippen LogP contribution in [0.15, 0.2) is 39.9 Å². The van der Waals surface area contributed by atoms with E-state index in [1.807, 2.05) is 37.3 Å². The monoisotopic (exact) mass is 468 g/mol. The van der Waals surface area contributed by atoms with Gasteiger partial charge in [-0.25, -0.2) is 0 Å². The molecule has 1 amide bonds. The molecule has 2 aliphatic rings. The molecule has 1 aromatic carbocycles. The number of ether oxygens (including phenoxy) is 1. The van der Waals surface area contributed by atoms with E-state index < -0.39 is 0 Å². The number of thiocarbonyl (C=S) groups is 1. The Morgan fingerprint density at radius 2 is 1.91 bits per heavy atom. The molecule has 0 spiro atoms. The van der Waals surface area contributed by atoms with Crippen LogP contribution in [-0.4, -0.2) is 47.8 Å². The van der Waals surface area contributed by atoms with E-state index in [0.29, 0.717) is 36.8 Å². The Balaban J connectivity index is 1.46. The van der Waals surface area contributed by atoms with Gasteiger partial charge in [0.15, 0.2) is 10.9 Å². The first-order chi connectivity index (χ1) is 16.0. The number of benzene rings is 1. The molecule has 2 aromatic rings. The van der Waals surface area contributed by atoms with E-state index in [9.17, 15) is 9.59 Å². The van der Waals surface area contributed by atoms with E-state index in [4.69, 9.17) is 21.4 Å². The summed E-state index contributed by atoms with van der Waals surface area (Å²) in [6, 6.07) is 9.64. The number of piperidine rings is 1. The van der Waals surface area contributed by atoms with Crippen LogP contribution in [0.3, 0.4) is 0 Å². The zero-order valence-electron chi connectivity index (χ0n) is 18.8. The Labute approximate surface area is 198 Å². The number of anilines is 1. The maximum atomic E-state index is 13.2. The molecule has 174 valence electrons. The van der Waals surface area contributed by atoms with Crippen molar-refractivity contribution >= 4 is 40.6 Å². The van der Waals surface area contributed by atoms with E-state index in [0.717, 1.165) is 47.5 Å². The van der Waals surface area contributed by atoms with Crippen molar-refractivity contribution in [1.29, 1.82) is 0 Å². The predicted octanol–water partition coefficient (Wildman–Crippen LogP) is 3.64. The molecule has 33 heavy (non-hydrogen) atoms. The van der Waals surface area contributed by atoms with Gasteiger partial charge in [0.25, 0.3) is 5.91 Å². The maximum absolute atomic E-state index is 13.2. The van der Waals surface area contributed by atoms with Crippen molar-refractivity contribution in [2.75, 3.05) is 25.5 Å². The van der Waals surface area contributed by atoms with Crippen LogP contribution in [0.25, 0.3) is 0 Å². The predicted molar refractivity (Wildman–Crippen MR) is 129 cm³/mol. The van der Waals surface area contributed by atoms with Crippen LogP contribution in [0.5, 0.6) is 0 Å². The molecule has 0 atom stereocenters. The third kappa shape index (κ3) is 5.08. The Morgan fingerprint density at radius 1 is 1.18 bits per heavy atom. The number of carbonyl (C=O) groups excluding carboxylic acids is 2. The summed E-state index contributed by atoms with van der Waals surface area (Å²) >= 11 is 5.36. The number of methoxy groups -OCH3 is 1. The van der Waals surface area contributed by atoms with Crippen LogP contribution in [0.1, 0.15) is 53.1 Å². The summed E-state index contributed by atoms with van der Waals surface area (Å²) in [6.45, 7) is 2.91. The van der Waals surface area contributed by atoms with Gasteiger partial charge in [0.1, 0.15) is 5.76 Å². The number of hydrazone groups is 1. The molecular weight excluding hydrogens is 440 g/mol. The van der Waals surface area contributed by atoms with Crippen molar-refractivity contribution in [1.82, 2.24) is 10.3 Å². The highest BCUT2D eigenvalue weighted by Gasteiger charge is 2.33. The normalized spacial score (nSPS) is 17.4. The standard InChI is InChI=1S/C24H28N4O4S/c1-15-20-18(26-27-24(33)25-17-7-4-3-5-8-17)9-6-10-19(20)32-21(15)22(29)28-13-11-16(12-14-28)23(30)31-2/h3-5,7-8,16H,6,9-14H2,1-2H3,(H2,25,27,33)/b26-18+. The fraction of sp³-hybridized carbons (Fsp3) is 0.417. The molecule has 2 heterocycles. The SMILES string of the molecule is COC(=O)C1CCN(C(=O)c2oc3c(c2C)/C(=N/NC(=S)Nc2ccccc2)CCC3)CC1. The Bertz CT molecular complexity index is 1070. The third-order valence-corrected chi connectivity index (χ3v) is 6.35. The molecule has 9 heteroatoms. The topological polar surface area (TPSA) is 96.2 Å². The second kappa shape index (κ2) is 10.2. The molecule has 4 rings (SSSR count). The van der Waals surface area contributed by atoms with Crippen molar-refractivity contribution in [2.45, 2.75) is 39.0 Å². The number of likely N-dealkylation sites (tertiary alicyclic amines) is 1. The number of esters is 1. The Kier molecular flexibility index (Phi) is 7.08. The van der Waals surface area contributed by atoms with Gasteiger partial charge in [-0.15, -0.1) is 0 Å². The number of hydrogen-bond donors (Lipinski definition) is 2. The van der Waals surface area contributed by atoms with Crippen molar-refractivity contribution in [2.24, 2.45) is 11.0 Å². The highest BCUT2D eigenvalue weighted by atomic mass is 32.1. The number of fused-ring (bicyclic) bond motifs is 1. The van der Waals surface area contributed by atoms with Gasteiger partial charge < -0.3 is 19.4 Å². The van der Waals surface area contributed by atoms with Gasteiger partial charge in [-0.2, -0.15) is 5.10 Å². The highest BCUT2D eigenvalue weighted by molar-refractivity contribution is 7.80. The first-order valence-corrected chi connectivity index (χ1v) is 11.6. The van der Waals surface area contributed by atoms with Crippen molar-refractivity contribution in [3.05, 3.63) is 53.0 Å². The van der Waals surface area contributed by atoms with Crippen LogP contribution in [-0.2, 0) is 16.0 Å². The molecule has 2 N–H and O–H groups in total. The van der Waals surface area contributed by atoms with Crippen LogP contribution in [0, 0.1) is 12.8 Å². The zero-order chi connectivity index (χ0) is 23.4. The number of para-hydroxylation sites is 1. The molecular formula is C24H28N4O4S. The van der Waals surface area contributed by atoms with Crippen LogP contribution in [0.2, 0.25) is 0 Å². The van der Waals surface area contributed by atoms with Crippen molar-refractivity contribution in [3.8, 4) is 0 Å². The molecule has 1 aliphatic heterocycles. The average molecular weight is 469 g/mol. The van der Waals surface area contributed by atoms with E-state index in [2.05, 4.69) is 15.8 Å². The maximum Gasteiger partial charge on any atom is 0.308 e. The van der Waals surface area contributed by atoms with Gasteiger partial charge in [0.2, 0.25) is 0 Å². The summed E-state index contributed by atoms with van der Waals surface area (Å²) in [5.74, 6) is 0.645. The van der Waals surface area contributed by atoms with Gasteiger partial charge >= 0.3 is 5.97 Å². The van der Waals surface area contributed by atoms with Gasteiger partial charge in [-0.3, -0.25) is 15.0 Å². The number of amides is 1. The van der Waals surface area contributed by atoms with E-state index >= 15 is 0 Å². The third-order valence-electron chi connectivity index (χ3n) is 6.16. The lowest BCUT2D eigenvalue weighted by Gasteiger charge is -2.30. The molecule has 8 nitrogen and oxygen atoms in total. The lowest BCUT2D eigenvalue weighted by atomic mass is 9.93. The molecule has 1 fully saturated rings. The number of nitrogens with one attached hydrogen (secondary N) is 2. The number of furan rings is 1. The van der Waals surface area contributed by atoms with Gasteiger partial charge in [-0.1, -0.05) is 18.2 Å². The first kappa shape index (κ1) is 23.0. The first-order valence-electron chi connectivity index (χ1n) is 11.2. The summed E-state index contributed by atoms with van der Waals surface area (Å²) < 4.78 is 10.9. The minimum atomic E-state index is -0.209. The van der Waals surface area contributed by atoms with Crippen LogP contribution < -0.4 is 10.7 Å². The quantitative estimate of drug-likeness (QED) is 0.402. The van der Waals surface area contributed by atoms with E-state index in [1.54, 1.807) is 4.90 Å². The minimum Gasteiger partial charge on any atom is -0.469 e.